The predicted octanol–water partition coefficient (Wildman–Crippen LogP) is 1.89. The molecule has 0 spiro atoms. The van der Waals surface area contributed by atoms with Crippen LogP contribution in [0.15, 0.2) is 24.3 Å². The molecule has 1 saturated heterocycles. The smallest absolute Gasteiger partial charge is 0.305 e. The monoisotopic (exact) mass is 372 g/mol. The number of hydrogen-bond donors (Lipinski definition) is 2. The van der Waals surface area contributed by atoms with Crippen molar-refractivity contribution in [1.29, 1.82) is 0 Å². The van der Waals surface area contributed by atoms with Crippen LogP contribution in [0.5, 0.6) is 5.75 Å². The molecule has 3 N–H and O–H groups in total. The van der Waals surface area contributed by atoms with Crippen LogP contribution in [0.3, 0.4) is 0 Å². The fourth-order valence-electron chi connectivity index (χ4n) is 2.44. The van der Waals surface area contributed by atoms with Crippen molar-refractivity contribution in [2.24, 2.45) is 5.73 Å². The minimum atomic E-state index is -0.437. The highest BCUT2D eigenvalue weighted by Gasteiger charge is 2.29. The zero-order chi connectivity index (χ0) is 17.4. The maximum Gasteiger partial charge on any atom is 0.305 e. The lowest BCUT2D eigenvalue weighted by atomic mass is 10.2. The number of halogens is 1. The summed E-state index contributed by atoms with van der Waals surface area (Å²) in [6.45, 7) is 0.864. The van der Waals surface area contributed by atoms with Crippen LogP contribution >= 0.6 is 12.4 Å². The van der Waals surface area contributed by atoms with Crippen LogP contribution in [0.2, 0.25) is 0 Å². The van der Waals surface area contributed by atoms with Crippen LogP contribution < -0.4 is 15.8 Å². The minimum absolute atomic E-state index is 0. The van der Waals surface area contributed by atoms with Crippen LogP contribution in [0.4, 0.5) is 5.69 Å². The number of nitrogens with one attached hydrogen (secondary N) is 1. The summed E-state index contributed by atoms with van der Waals surface area (Å²) < 4.78 is 15.7. The molecule has 0 aromatic heterocycles. The van der Waals surface area contributed by atoms with Crippen molar-refractivity contribution < 1.29 is 23.8 Å². The third kappa shape index (κ3) is 6.89. The van der Waals surface area contributed by atoms with E-state index in [1.807, 2.05) is 0 Å². The van der Waals surface area contributed by atoms with Gasteiger partial charge in [-0.15, -0.1) is 12.4 Å². The molecule has 0 bridgehead atoms. The van der Waals surface area contributed by atoms with E-state index in [2.05, 4.69) is 10.1 Å². The molecular formula is C17H25ClN2O5. The van der Waals surface area contributed by atoms with Crippen LogP contribution in [0.25, 0.3) is 0 Å². The second-order valence-corrected chi connectivity index (χ2v) is 5.60. The van der Waals surface area contributed by atoms with E-state index >= 15 is 0 Å². The number of carbonyl (C=O) groups is 2. The lowest BCUT2D eigenvalue weighted by Crippen LogP contribution is -2.29. The van der Waals surface area contributed by atoms with Crippen LogP contribution in [0.1, 0.15) is 25.7 Å². The lowest BCUT2D eigenvalue weighted by molar-refractivity contribution is -0.140. The first kappa shape index (κ1) is 21.2. The van der Waals surface area contributed by atoms with E-state index in [1.165, 1.54) is 7.11 Å². The summed E-state index contributed by atoms with van der Waals surface area (Å²) in [4.78, 5) is 23.1. The highest BCUT2D eigenvalue weighted by atomic mass is 35.5. The summed E-state index contributed by atoms with van der Waals surface area (Å²) in [5.41, 5.74) is 6.23. The Hall–Kier alpha value is -1.83. The molecule has 1 aromatic rings. The number of rotatable bonds is 8. The van der Waals surface area contributed by atoms with Gasteiger partial charge in [0.05, 0.1) is 19.8 Å². The maximum atomic E-state index is 12.1. The molecule has 1 aliphatic heterocycles. The molecule has 0 unspecified atom stereocenters. The fourth-order valence-corrected chi connectivity index (χ4v) is 2.44. The van der Waals surface area contributed by atoms with Gasteiger partial charge in [-0.3, -0.25) is 9.59 Å². The normalized spacial score (nSPS) is 19.0. The van der Waals surface area contributed by atoms with E-state index in [0.717, 1.165) is 6.42 Å². The van der Waals surface area contributed by atoms with Gasteiger partial charge in [0.15, 0.2) is 0 Å². The van der Waals surface area contributed by atoms with E-state index in [0.29, 0.717) is 43.9 Å². The number of benzene rings is 1. The largest absolute Gasteiger partial charge is 0.494 e. The predicted molar refractivity (Wildman–Crippen MR) is 96.0 cm³/mol. The molecule has 1 aliphatic rings. The molecule has 8 heteroatoms. The van der Waals surface area contributed by atoms with Crippen molar-refractivity contribution in [1.82, 2.24) is 0 Å². The molecule has 140 valence electrons. The van der Waals surface area contributed by atoms with Crippen molar-refractivity contribution >= 4 is 30.0 Å². The molecule has 1 fully saturated rings. The average molecular weight is 373 g/mol. The Bertz CT molecular complexity index is 552. The SMILES string of the molecule is COC(=O)CCCOc1ccc(NC(=O)[C@@H]2CC[C@H](CN)O2)cc1.Cl. The first-order valence-corrected chi connectivity index (χ1v) is 8.08. The van der Waals surface area contributed by atoms with Gasteiger partial charge in [0.2, 0.25) is 0 Å². The van der Waals surface area contributed by atoms with Crippen molar-refractivity contribution in [3.8, 4) is 5.75 Å². The zero-order valence-corrected chi connectivity index (χ0v) is 15.1. The summed E-state index contributed by atoms with van der Waals surface area (Å²) in [6.07, 6.45) is 1.96. The van der Waals surface area contributed by atoms with Gasteiger partial charge >= 0.3 is 5.97 Å². The van der Waals surface area contributed by atoms with E-state index < -0.39 is 6.10 Å². The first-order chi connectivity index (χ1) is 11.6. The van der Waals surface area contributed by atoms with Crippen LogP contribution in [0, 0.1) is 0 Å². The van der Waals surface area contributed by atoms with Gasteiger partial charge in [0, 0.05) is 18.7 Å². The van der Waals surface area contributed by atoms with Gasteiger partial charge in [-0.25, -0.2) is 0 Å². The molecule has 0 radical (unpaired) electrons. The molecular weight excluding hydrogens is 348 g/mol. The van der Waals surface area contributed by atoms with Crippen molar-refractivity contribution in [3.05, 3.63) is 24.3 Å². The van der Waals surface area contributed by atoms with Crippen molar-refractivity contribution in [2.75, 3.05) is 25.6 Å². The Morgan fingerprint density at radius 3 is 2.60 bits per heavy atom. The van der Waals surface area contributed by atoms with Gasteiger partial charge in [-0.1, -0.05) is 0 Å². The molecule has 7 nitrogen and oxygen atoms in total. The number of esters is 1. The average Bonchev–Trinajstić information content (AvgIpc) is 3.09. The lowest BCUT2D eigenvalue weighted by Gasteiger charge is -2.13. The summed E-state index contributed by atoms with van der Waals surface area (Å²) >= 11 is 0. The number of hydrogen-bond acceptors (Lipinski definition) is 6. The van der Waals surface area contributed by atoms with E-state index in [9.17, 15) is 9.59 Å². The molecule has 0 aliphatic carbocycles. The highest BCUT2D eigenvalue weighted by Crippen LogP contribution is 2.21. The summed E-state index contributed by atoms with van der Waals surface area (Å²) in [5.74, 6) is 0.276. The van der Waals surface area contributed by atoms with Gasteiger partial charge in [-0.05, 0) is 43.5 Å². The fraction of sp³-hybridized carbons (Fsp3) is 0.529. The van der Waals surface area contributed by atoms with Crippen LogP contribution in [-0.4, -0.2) is 44.3 Å². The number of anilines is 1. The van der Waals surface area contributed by atoms with Crippen molar-refractivity contribution in [2.45, 2.75) is 37.9 Å². The number of nitrogens with two attached hydrogens (primary N) is 1. The Morgan fingerprint density at radius 1 is 1.28 bits per heavy atom. The molecule has 1 heterocycles. The minimum Gasteiger partial charge on any atom is -0.494 e. The molecule has 1 amide bonds. The Kier molecular flexibility index (Phi) is 9.26. The molecule has 2 rings (SSSR count). The topological polar surface area (TPSA) is 99.9 Å². The van der Waals surface area contributed by atoms with Gasteiger partial charge < -0.3 is 25.3 Å². The van der Waals surface area contributed by atoms with Gasteiger partial charge in [0.1, 0.15) is 11.9 Å². The Balaban J connectivity index is 0.00000312. The van der Waals surface area contributed by atoms with Crippen molar-refractivity contribution in [3.63, 3.8) is 0 Å². The van der Waals surface area contributed by atoms with E-state index in [4.69, 9.17) is 15.2 Å². The summed E-state index contributed by atoms with van der Waals surface area (Å²) in [5, 5.41) is 2.82. The van der Waals surface area contributed by atoms with Gasteiger partial charge in [0.25, 0.3) is 5.91 Å². The van der Waals surface area contributed by atoms with E-state index in [-0.39, 0.29) is 30.4 Å². The summed E-state index contributed by atoms with van der Waals surface area (Å²) in [6, 6.07) is 7.07. The molecule has 0 saturated carbocycles. The second-order valence-electron chi connectivity index (χ2n) is 5.60. The second kappa shape index (κ2) is 10.9. The number of methoxy groups -OCH3 is 1. The zero-order valence-electron chi connectivity index (χ0n) is 14.2. The standard InChI is InChI=1S/C17H24N2O5.ClH/c1-22-16(20)3-2-10-23-13-6-4-12(5-7-13)19-17(21)15-9-8-14(11-18)24-15;/h4-7,14-15H,2-3,8-11,18H2,1H3,(H,19,21);1H/t14-,15+;/m1./s1. The summed E-state index contributed by atoms with van der Waals surface area (Å²) in [7, 11) is 1.36. The van der Waals surface area contributed by atoms with Crippen LogP contribution in [-0.2, 0) is 19.1 Å². The molecule has 2 atom stereocenters. The third-order valence-electron chi connectivity index (χ3n) is 3.81. The number of ether oxygens (including phenoxy) is 3. The maximum absolute atomic E-state index is 12.1. The Morgan fingerprint density at radius 2 is 2.00 bits per heavy atom. The first-order valence-electron chi connectivity index (χ1n) is 8.08. The van der Waals surface area contributed by atoms with E-state index in [1.54, 1.807) is 24.3 Å². The Labute approximate surface area is 153 Å². The number of amides is 1. The van der Waals surface area contributed by atoms with Gasteiger partial charge in [-0.2, -0.15) is 0 Å². The quantitative estimate of drug-likeness (QED) is 0.534. The molecule has 25 heavy (non-hydrogen) atoms. The third-order valence-corrected chi connectivity index (χ3v) is 3.81. The number of carbonyl (C=O) groups excluding carboxylic acids is 2. The molecule has 1 aromatic carbocycles. The highest BCUT2D eigenvalue weighted by molar-refractivity contribution is 5.94.